The third-order valence-corrected chi connectivity index (χ3v) is 2.86. The molecule has 100 valence electrons. The summed E-state index contributed by atoms with van der Waals surface area (Å²) >= 11 is 5.97. The number of ether oxygens (including phenoxy) is 1. The fraction of sp³-hybridized carbons (Fsp3) is 0.250. The lowest BCUT2D eigenvalue weighted by atomic mass is 10.1. The zero-order chi connectivity index (χ0) is 14.0. The molecule has 0 bridgehead atoms. The van der Waals surface area contributed by atoms with Crippen molar-refractivity contribution in [2.24, 2.45) is 0 Å². The Labute approximate surface area is 114 Å². The van der Waals surface area contributed by atoms with Crippen LogP contribution in [0.3, 0.4) is 0 Å². The average Bonchev–Trinajstić information content (AvgIpc) is 2.75. The summed E-state index contributed by atoms with van der Waals surface area (Å²) in [6.07, 6.45) is 1.49. The van der Waals surface area contributed by atoms with Crippen LogP contribution in [0.5, 0.6) is 5.75 Å². The first-order chi connectivity index (χ1) is 9.04. The van der Waals surface area contributed by atoms with Gasteiger partial charge in [0, 0.05) is 0 Å². The topological polar surface area (TPSA) is 70.2 Å². The van der Waals surface area contributed by atoms with Crippen LogP contribution >= 0.6 is 11.6 Å². The molecular weight excluding hydrogens is 270 g/mol. The summed E-state index contributed by atoms with van der Waals surface area (Å²) in [4.78, 5) is 10.7. The van der Waals surface area contributed by atoms with Gasteiger partial charge in [-0.2, -0.15) is 5.10 Å². The minimum absolute atomic E-state index is 0.0888. The Morgan fingerprint density at radius 1 is 1.53 bits per heavy atom. The molecule has 0 radical (unpaired) electrons. The molecule has 0 amide bonds. The monoisotopic (exact) mass is 281 g/mol. The molecule has 0 fully saturated rings. The quantitative estimate of drug-likeness (QED) is 0.637. The highest BCUT2D eigenvalue weighted by molar-refractivity contribution is 6.29. The predicted molar refractivity (Wildman–Crippen MR) is 71.1 cm³/mol. The highest BCUT2D eigenvalue weighted by Crippen LogP contribution is 2.32. The number of rotatable bonds is 4. The minimum atomic E-state index is -0.469. The molecule has 19 heavy (non-hydrogen) atoms. The molecule has 0 aliphatic heterocycles. The van der Waals surface area contributed by atoms with Crippen LogP contribution in [0.4, 0.5) is 5.69 Å². The van der Waals surface area contributed by atoms with Crippen molar-refractivity contribution in [3.63, 3.8) is 0 Å². The second-order valence-corrected chi connectivity index (χ2v) is 4.25. The first kappa shape index (κ1) is 13.4. The van der Waals surface area contributed by atoms with E-state index in [1.54, 1.807) is 19.1 Å². The van der Waals surface area contributed by atoms with Gasteiger partial charge in [-0.1, -0.05) is 11.6 Å². The molecule has 0 atom stereocenters. The van der Waals surface area contributed by atoms with Crippen molar-refractivity contribution in [1.29, 1.82) is 0 Å². The molecule has 1 heterocycles. The number of nitrogens with zero attached hydrogens (tertiary/aromatic N) is 3. The van der Waals surface area contributed by atoms with E-state index < -0.39 is 4.92 Å². The van der Waals surface area contributed by atoms with Crippen molar-refractivity contribution in [1.82, 2.24) is 9.78 Å². The Bertz CT molecular complexity index is 625. The van der Waals surface area contributed by atoms with Gasteiger partial charge in [0.15, 0.2) is 0 Å². The normalized spacial score (nSPS) is 10.5. The van der Waals surface area contributed by atoms with Crippen LogP contribution in [0.25, 0.3) is 5.69 Å². The van der Waals surface area contributed by atoms with Crippen molar-refractivity contribution < 1.29 is 9.66 Å². The lowest BCUT2D eigenvalue weighted by molar-refractivity contribution is -0.384. The van der Waals surface area contributed by atoms with Gasteiger partial charge in [-0.25, -0.2) is 4.68 Å². The Hall–Kier alpha value is -2.08. The van der Waals surface area contributed by atoms with Crippen LogP contribution in [-0.2, 0) is 0 Å². The molecule has 0 saturated carbocycles. The number of aryl methyl sites for hydroxylation is 1. The summed E-state index contributed by atoms with van der Waals surface area (Å²) in [6, 6.07) is 4.68. The lowest BCUT2D eigenvalue weighted by Gasteiger charge is -2.11. The number of halogens is 1. The van der Waals surface area contributed by atoms with Gasteiger partial charge in [0.2, 0.25) is 0 Å². The van der Waals surface area contributed by atoms with Gasteiger partial charge in [-0.15, -0.1) is 0 Å². The molecule has 0 aliphatic carbocycles. The van der Waals surface area contributed by atoms with Gasteiger partial charge in [0.05, 0.1) is 23.8 Å². The number of hydrogen-bond donors (Lipinski definition) is 0. The summed E-state index contributed by atoms with van der Waals surface area (Å²) in [7, 11) is 0. The SMILES string of the molecule is CCOc1cc(C)c(-n2nccc2Cl)c([N+](=O)[O-])c1. The molecule has 7 heteroatoms. The van der Waals surface area contributed by atoms with Gasteiger partial charge in [-0.3, -0.25) is 10.1 Å². The fourth-order valence-electron chi connectivity index (χ4n) is 1.85. The maximum absolute atomic E-state index is 11.2. The second kappa shape index (κ2) is 5.27. The standard InChI is InChI=1S/C12H12ClN3O3/c1-3-19-9-6-8(2)12(10(7-9)16(17)18)15-11(13)4-5-14-15/h4-7H,3H2,1-2H3. The number of nitro groups is 1. The number of nitro benzene ring substituents is 1. The number of benzene rings is 1. The third kappa shape index (κ3) is 2.53. The van der Waals surface area contributed by atoms with E-state index in [9.17, 15) is 10.1 Å². The van der Waals surface area contributed by atoms with E-state index in [1.807, 2.05) is 6.92 Å². The fourth-order valence-corrected chi connectivity index (χ4v) is 2.03. The second-order valence-electron chi connectivity index (χ2n) is 3.86. The summed E-state index contributed by atoms with van der Waals surface area (Å²) in [6.45, 7) is 4.01. The van der Waals surface area contributed by atoms with Gasteiger partial charge in [0.25, 0.3) is 5.69 Å². The first-order valence-corrected chi connectivity index (χ1v) is 6.04. The molecule has 1 aromatic heterocycles. The maximum Gasteiger partial charge on any atom is 0.298 e. The summed E-state index contributed by atoms with van der Waals surface area (Å²) in [5.41, 5.74) is 0.931. The zero-order valence-corrected chi connectivity index (χ0v) is 11.2. The van der Waals surface area contributed by atoms with E-state index in [2.05, 4.69) is 5.10 Å². The van der Waals surface area contributed by atoms with Crippen LogP contribution in [0.15, 0.2) is 24.4 Å². The van der Waals surface area contributed by atoms with E-state index in [-0.39, 0.29) is 5.69 Å². The molecule has 0 unspecified atom stereocenters. The van der Waals surface area contributed by atoms with Crippen molar-refractivity contribution in [2.45, 2.75) is 13.8 Å². The molecule has 6 nitrogen and oxygen atoms in total. The van der Waals surface area contributed by atoms with Crippen molar-refractivity contribution in [3.8, 4) is 11.4 Å². The van der Waals surface area contributed by atoms with E-state index in [4.69, 9.17) is 16.3 Å². The van der Waals surface area contributed by atoms with Gasteiger partial charge in [-0.05, 0) is 31.5 Å². The molecule has 0 N–H and O–H groups in total. The lowest BCUT2D eigenvalue weighted by Crippen LogP contribution is -2.05. The Morgan fingerprint density at radius 3 is 2.79 bits per heavy atom. The smallest absolute Gasteiger partial charge is 0.298 e. The average molecular weight is 282 g/mol. The zero-order valence-electron chi connectivity index (χ0n) is 10.5. The predicted octanol–water partition coefficient (Wildman–Crippen LogP) is 3.14. The van der Waals surface area contributed by atoms with Gasteiger partial charge in [0.1, 0.15) is 16.6 Å². The molecule has 0 spiro atoms. The van der Waals surface area contributed by atoms with Crippen LogP contribution in [0, 0.1) is 17.0 Å². The summed E-state index contributed by atoms with van der Waals surface area (Å²) in [5, 5.41) is 15.5. The van der Waals surface area contributed by atoms with E-state index in [0.29, 0.717) is 28.8 Å². The molecular formula is C12H12ClN3O3. The van der Waals surface area contributed by atoms with Crippen LogP contribution in [-0.4, -0.2) is 21.3 Å². The van der Waals surface area contributed by atoms with Crippen molar-refractivity contribution in [2.75, 3.05) is 6.61 Å². The number of aromatic nitrogens is 2. The maximum atomic E-state index is 11.2. The first-order valence-electron chi connectivity index (χ1n) is 5.66. The molecule has 1 aromatic carbocycles. The summed E-state index contributed by atoms with van der Waals surface area (Å²) < 4.78 is 6.65. The van der Waals surface area contributed by atoms with Crippen LogP contribution in [0.1, 0.15) is 12.5 Å². The summed E-state index contributed by atoms with van der Waals surface area (Å²) in [5.74, 6) is 0.457. The highest BCUT2D eigenvalue weighted by atomic mass is 35.5. The Kier molecular flexibility index (Phi) is 3.71. The molecule has 0 saturated heterocycles. The third-order valence-electron chi connectivity index (χ3n) is 2.57. The van der Waals surface area contributed by atoms with Crippen LogP contribution in [0.2, 0.25) is 5.15 Å². The number of hydrogen-bond acceptors (Lipinski definition) is 4. The van der Waals surface area contributed by atoms with Crippen molar-refractivity contribution in [3.05, 3.63) is 45.2 Å². The van der Waals surface area contributed by atoms with E-state index in [1.165, 1.54) is 16.9 Å². The van der Waals surface area contributed by atoms with Gasteiger partial charge >= 0.3 is 0 Å². The van der Waals surface area contributed by atoms with Crippen LogP contribution < -0.4 is 4.74 Å². The van der Waals surface area contributed by atoms with E-state index >= 15 is 0 Å². The Morgan fingerprint density at radius 2 is 2.26 bits per heavy atom. The van der Waals surface area contributed by atoms with E-state index in [0.717, 1.165) is 0 Å². The minimum Gasteiger partial charge on any atom is -0.494 e. The molecule has 2 aromatic rings. The van der Waals surface area contributed by atoms with Crippen molar-refractivity contribution >= 4 is 17.3 Å². The molecule has 2 rings (SSSR count). The largest absolute Gasteiger partial charge is 0.494 e. The Balaban J connectivity index is 2.66. The molecule has 0 aliphatic rings. The highest BCUT2D eigenvalue weighted by Gasteiger charge is 2.22. The van der Waals surface area contributed by atoms with Gasteiger partial charge < -0.3 is 4.74 Å².